The highest BCUT2D eigenvalue weighted by Gasteiger charge is 2.27. The molecule has 0 aliphatic heterocycles. The lowest BCUT2D eigenvalue weighted by atomic mass is 9.98. The smallest absolute Gasteiger partial charge is 0.317 e. The molecule has 0 aliphatic rings. The monoisotopic (exact) mass is 238 g/mol. The summed E-state index contributed by atoms with van der Waals surface area (Å²) in [7, 11) is 0. The molecule has 0 bridgehead atoms. The number of thioether (sulfide) groups is 1. The molecule has 0 aliphatic carbocycles. The van der Waals surface area contributed by atoms with Gasteiger partial charge in [-0.2, -0.15) is 0 Å². The van der Waals surface area contributed by atoms with Crippen molar-refractivity contribution in [3.8, 4) is 0 Å². The Morgan fingerprint density at radius 2 is 1.81 bits per heavy atom. The summed E-state index contributed by atoms with van der Waals surface area (Å²) < 4.78 is 0. The molecule has 0 saturated carbocycles. The van der Waals surface area contributed by atoms with Crippen LogP contribution in [0.1, 0.15) is 25.3 Å². The molecule has 0 radical (unpaired) electrons. The van der Waals surface area contributed by atoms with Gasteiger partial charge in [-0.3, -0.25) is 9.59 Å². The largest absolute Gasteiger partial charge is 0.480 e. The molecule has 2 atom stereocenters. The van der Waals surface area contributed by atoms with Gasteiger partial charge in [0, 0.05) is 12.8 Å². The number of carboxylic acids is 1. The van der Waals surface area contributed by atoms with E-state index in [1.165, 1.54) is 6.92 Å². The number of carbonyl (C=O) groups excluding carboxylic acids is 1. The summed E-state index contributed by atoms with van der Waals surface area (Å²) in [5, 5.41) is 8.19. The summed E-state index contributed by atoms with van der Waals surface area (Å²) in [5.41, 5.74) is 0.934. The Balaban J connectivity index is 2.87. The molecule has 1 N–H and O–H groups in total. The van der Waals surface area contributed by atoms with Gasteiger partial charge in [0.25, 0.3) is 0 Å². The van der Waals surface area contributed by atoms with Gasteiger partial charge in [0.05, 0.1) is 0 Å². The second kappa shape index (κ2) is 5.70. The van der Waals surface area contributed by atoms with Crippen molar-refractivity contribution in [1.29, 1.82) is 0 Å². The molecule has 16 heavy (non-hydrogen) atoms. The lowest BCUT2D eigenvalue weighted by molar-refractivity contribution is -0.136. The minimum atomic E-state index is -0.948. The summed E-state index contributed by atoms with van der Waals surface area (Å²) in [6, 6.07) is 9.36. The third kappa shape index (κ3) is 3.38. The van der Waals surface area contributed by atoms with Crippen molar-refractivity contribution < 1.29 is 14.7 Å². The Morgan fingerprint density at radius 3 is 2.25 bits per heavy atom. The van der Waals surface area contributed by atoms with Crippen LogP contribution < -0.4 is 0 Å². The maximum atomic E-state index is 11.1. The van der Waals surface area contributed by atoms with E-state index in [9.17, 15) is 9.59 Å². The molecular weight excluding hydrogens is 224 g/mol. The van der Waals surface area contributed by atoms with Gasteiger partial charge < -0.3 is 5.11 Å². The van der Waals surface area contributed by atoms with Gasteiger partial charge in [0.1, 0.15) is 5.25 Å². The van der Waals surface area contributed by atoms with Crippen molar-refractivity contribution in [2.45, 2.75) is 25.0 Å². The van der Waals surface area contributed by atoms with Crippen LogP contribution in [0.25, 0.3) is 0 Å². The summed E-state index contributed by atoms with van der Waals surface area (Å²) in [6.07, 6.45) is 0. The van der Waals surface area contributed by atoms with E-state index in [0.29, 0.717) is 0 Å². The van der Waals surface area contributed by atoms with E-state index in [4.69, 9.17) is 5.11 Å². The molecule has 0 unspecified atom stereocenters. The van der Waals surface area contributed by atoms with Gasteiger partial charge in [0.2, 0.25) is 0 Å². The third-order valence-corrected chi connectivity index (χ3v) is 3.51. The Morgan fingerprint density at radius 1 is 1.25 bits per heavy atom. The van der Waals surface area contributed by atoms with Crippen LogP contribution in [0, 0.1) is 0 Å². The van der Waals surface area contributed by atoms with E-state index < -0.39 is 11.2 Å². The Hall–Kier alpha value is -1.29. The fourth-order valence-corrected chi connectivity index (χ4v) is 2.30. The Kier molecular flexibility index (Phi) is 4.55. The molecule has 0 aromatic heterocycles. The van der Waals surface area contributed by atoms with Crippen molar-refractivity contribution in [1.82, 2.24) is 0 Å². The van der Waals surface area contributed by atoms with Gasteiger partial charge in [0.15, 0.2) is 5.12 Å². The number of hydrogen-bond acceptors (Lipinski definition) is 3. The van der Waals surface area contributed by atoms with Crippen LogP contribution in [0.2, 0.25) is 0 Å². The second-order valence-corrected chi connectivity index (χ2v) is 4.89. The van der Waals surface area contributed by atoms with E-state index in [-0.39, 0.29) is 11.0 Å². The molecule has 1 aromatic carbocycles. The van der Waals surface area contributed by atoms with Crippen molar-refractivity contribution in [3.63, 3.8) is 0 Å². The van der Waals surface area contributed by atoms with Crippen LogP contribution in [-0.2, 0) is 9.59 Å². The molecule has 86 valence electrons. The quantitative estimate of drug-likeness (QED) is 0.875. The minimum absolute atomic E-state index is 0.171. The van der Waals surface area contributed by atoms with Crippen molar-refractivity contribution in [2.75, 3.05) is 0 Å². The molecule has 0 heterocycles. The first-order chi connectivity index (χ1) is 7.52. The number of benzene rings is 1. The maximum Gasteiger partial charge on any atom is 0.317 e. The van der Waals surface area contributed by atoms with Crippen LogP contribution in [0.15, 0.2) is 30.3 Å². The Bertz CT molecular complexity index is 375. The first-order valence-electron chi connectivity index (χ1n) is 4.97. The fraction of sp³-hybridized carbons (Fsp3) is 0.333. The highest BCUT2D eigenvalue weighted by Crippen LogP contribution is 2.28. The van der Waals surface area contributed by atoms with Crippen molar-refractivity contribution in [3.05, 3.63) is 35.9 Å². The summed E-state index contributed by atoms with van der Waals surface area (Å²) in [6.45, 7) is 3.21. The number of carbonyl (C=O) groups is 2. The van der Waals surface area contributed by atoms with Gasteiger partial charge in [-0.1, -0.05) is 49.0 Å². The zero-order chi connectivity index (χ0) is 12.1. The van der Waals surface area contributed by atoms with E-state index >= 15 is 0 Å². The predicted molar refractivity (Wildman–Crippen MR) is 64.6 cm³/mol. The lowest BCUT2D eigenvalue weighted by Gasteiger charge is -2.18. The molecule has 0 saturated heterocycles. The fourth-order valence-electron chi connectivity index (χ4n) is 1.48. The maximum absolute atomic E-state index is 11.1. The molecule has 3 nitrogen and oxygen atoms in total. The standard InChI is InChI=1S/C12H14O3S/c1-8(10-6-4-3-5-7-10)11(12(14)15)16-9(2)13/h3-8,11H,1-2H3,(H,14,15)/t8-,11-/m0/s1. The molecular formula is C12H14O3S. The lowest BCUT2D eigenvalue weighted by Crippen LogP contribution is -2.24. The number of rotatable bonds is 4. The summed E-state index contributed by atoms with van der Waals surface area (Å²) in [4.78, 5) is 22.1. The van der Waals surface area contributed by atoms with E-state index in [1.54, 1.807) is 0 Å². The highest BCUT2D eigenvalue weighted by molar-refractivity contribution is 8.14. The van der Waals surface area contributed by atoms with Gasteiger partial charge in [-0.05, 0) is 5.56 Å². The van der Waals surface area contributed by atoms with Crippen LogP contribution in [0.5, 0.6) is 0 Å². The van der Waals surface area contributed by atoms with Crippen molar-refractivity contribution in [2.24, 2.45) is 0 Å². The molecule has 1 aromatic rings. The zero-order valence-corrected chi connectivity index (χ0v) is 10.0. The van der Waals surface area contributed by atoms with Crippen molar-refractivity contribution >= 4 is 22.8 Å². The summed E-state index contributed by atoms with van der Waals surface area (Å²) >= 11 is 0.872. The topological polar surface area (TPSA) is 54.4 Å². The Labute approximate surface area is 98.9 Å². The van der Waals surface area contributed by atoms with E-state index in [2.05, 4.69) is 0 Å². The van der Waals surface area contributed by atoms with E-state index in [1.807, 2.05) is 37.3 Å². The molecule has 1 rings (SSSR count). The molecule has 4 heteroatoms. The predicted octanol–water partition coefficient (Wildman–Crippen LogP) is 2.52. The minimum Gasteiger partial charge on any atom is -0.480 e. The van der Waals surface area contributed by atoms with Crippen LogP contribution in [0.4, 0.5) is 0 Å². The first kappa shape index (κ1) is 12.8. The number of aliphatic carboxylic acids is 1. The van der Waals surface area contributed by atoms with E-state index in [0.717, 1.165) is 17.3 Å². The molecule has 0 spiro atoms. The van der Waals surface area contributed by atoms with Crippen LogP contribution >= 0.6 is 11.8 Å². The zero-order valence-electron chi connectivity index (χ0n) is 9.21. The number of hydrogen-bond donors (Lipinski definition) is 1. The second-order valence-electron chi connectivity index (χ2n) is 3.57. The summed E-state index contributed by atoms with van der Waals surface area (Å²) in [5.74, 6) is -1.14. The van der Waals surface area contributed by atoms with Crippen LogP contribution in [0.3, 0.4) is 0 Å². The van der Waals surface area contributed by atoms with Gasteiger partial charge >= 0.3 is 5.97 Å². The molecule has 0 fully saturated rings. The number of carboxylic acid groups (broad SMARTS) is 1. The average molecular weight is 238 g/mol. The highest BCUT2D eigenvalue weighted by atomic mass is 32.2. The third-order valence-electron chi connectivity index (χ3n) is 2.32. The van der Waals surface area contributed by atoms with Gasteiger partial charge in [-0.25, -0.2) is 0 Å². The normalized spacial score (nSPS) is 14.1. The van der Waals surface area contributed by atoms with Crippen LogP contribution in [-0.4, -0.2) is 21.4 Å². The first-order valence-corrected chi connectivity index (χ1v) is 5.85. The average Bonchev–Trinajstić information content (AvgIpc) is 2.25. The molecule has 0 amide bonds. The SMILES string of the molecule is CC(=O)S[C@H](C(=O)O)[C@@H](C)c1ccccc1. The van der Waals surface area contributed by atoms with Gasteiger partial charge in [-0.15, -0.1) is 0 Å².